The Labute approximate surface area is 213 Å². The van der Waals surface area contributed by atoms with Gasteiger partial charge in [-0.05, 0) is 60.1 Å². The summed E-state index contributed by atoms with van der Waals surface area (Å²) >= 11 is 0. The van der Waals surface area contributed by atoms with Gasteiger partial charge in [0.1, 0.15) is 24.1 Å². The molecule has 0 atom stereocenters. The molecule has 0 aliphatic rings. The maximum absolute atomic E-state index is 11.4. The molecule has 0 saturated carbocycles. The number of hydrogen-bond acceptors (Lipinski definition) is 3. The van der Waals surface area contributed by atoms with Crippen LogP contribution in [0.1, 0.15) is 113 Å². The van der Waals surface area contributed by atoms with Gasteiger partial charge in [-0.25, -0.2) is 0 Å². The summed E-state index contributed by atoms with van der Waals surface area (Å²) in [6.07, 6.45) is 19.5. The summed E-state index contributed by atoms with van der Waals surface area (Å²) in [4.78, 5) is 22.7. The maximum atomic E-state index is 11.4. The SMILES string of the molecule is CCCCCCCCc1c(CC=O)cccc1Oc1cccc(CC=O)c1CCCCCCCC. The molecule has 0 unspecified atom stereocenters. The summed E-state index contributed by atoms with van der Waals surface area (Å²) in [6, 6.07) is 12.1. The van der Waals surface area contributed by atoms with Crippen molar-refractivity contribution in [3.8, 4) is 11.5 Å². The molecule has 0 saturated heterocycles. The molecule has 0 radical (unpaired) electrons. The molecule has 0 fully saturated rings. The lowest BCUT2D eigenvalue weighted by Gasteiger charge is -2.18. The van der Waals surface area contributed by atoms with E-state index in [1.165, 1.54) is 64.2 Å². The largest absolute Gasteiger partial charge is 0.457 e. The van der Waals surface area contributed by atoms with Gasteiger partial charge in [0.2, 0.25) is 0 Å². The molecule has 3 nitrogen and oxygen atoms in total. The lowest BCUT2D eigenvalue weighted by Crippen LogP contribution is -2.03. The molecule has 0 spiro atoms. The first-order chi connectivity index (χ1) is 17.2. The maximum Gasteiger partial charge on any atom is 0.130 e. The van der Waals surface area contributed by atoms with E-state index in [0.29, 0.717) is 12.8 Å². The second-order valence-corrected chi connectivity index (χ2v) is 9.67. The van der Waals surface area contributed by atoms with Crippen LogP contribution in [0.15, 0.2) is 36.4 Å². The highest BCUT2D eigenvalue weighted by Crippen LogP contribution is 2.34. The first-order valence-corrected chi connectivity index (χ1v) is 14.0. The Morgan fingerprint density at radius 2 is 0.971 bits per heavy atom. The number of hydrogen-bond donors (Lipinski definition) is 0. The minimum atomic E-state index is 0.415. The van der Waals surface area contributed by atoms with Crippen molar-refractivity contribution in [2.24, 2.45) is 0 Å². The second kappa shape index (κ2) is 17.9. The standard InChI is InChI=1S/C32H46O3/c1-3-5-7-9-11-13-19-29-27(23-25-33)17-15-21-31(29)35-32-22-16-18-28(24-26-34)30(32)20-14-12-10-8-6-4-2/h15-18,21-22,25-26H,3-14,19-20,23-24H2,1-2H3. The van der Waals surface area contributed by atoms with E-state index in [1.54, 1.807) is 0 Å². The number of carbonyl (C=O) groups is 2. The molecule has 0 aromatic heterocycles. The van der Waals surface area contributed by atoms with Gasteiger partial charge in [0.15, 0.2) is 0 Å². The fraction of sp³-hybridized carbons (Fsp3) is 0.562. The normalized spacial score (nSPS) is 10.9. The van der Waals surface area contributed by atoms with Crippen molar-refractivity contribution in [3.05, 3.63) is 58.7 Å². The lowest BCUT2D eigenvalue weighted by molar-refractivity contribution is -0.108. The molecular weight excluding hydrogens is 432 g/mol. The molecule has 35 heavy (non-hydrogen) atoms. The van der Waals surface area contributed by atoms with Crippen LogP contribution in [0.4, 0.5) is 0 Å². The van der Waals surface area contributed by atoms with Crippen LogP contribution >= 0.6 is 0 Å². The lowest BCUT2D eigenvalue weighted by atomic mass is 9.96. The average Bonchev–Trinajstić information content (AvgIpc) is 2.86. The smallest absolute Gasteiger partial charge is 0.130 e. The summed E-state index contributed by atoms with van der Waals surface area (Å²) in [5.41, 5.74) is 4.43. The van der Waals surface area contributed by atoms with Crippen LogP contribution in [0.3, 0.4) is 0 Å². The summed E-state index contributed by atoms with van der Waals surface area (Å²) < 4.78 is 6.57. The van der Waals surface area contributed by atoms with E-state index in [4.69, 9.17) is 4.74 Å². The number of unbranched alkanes of at least 4 members (excludes halogenated alkanes) is 10. The molecule has 0 aliphatic carbocycles. The highest BCUT2D eigenvalue weighted by molar-refractivity contribution is 5.60. The van der Waals surface area contributed by atoms with Crippen molar-refractivity contribution in [1.82, 2.24) is 0 Å². The molecule has 2 aromatic carbocycles. The summed E-state index contributed by atoms with van der Waals surface area (Å²) in [7, 11) is 0. The van der Waals surface area contributed by atoms with Crippen molar-refractivity contribution in [2.45, 2.75) is 117 Å². The van der Waals surface area contributed by atoms with Gasteiger partial charge in [-0.3, -0.25) is 0 Å². The fourth-order valence-corrected chi connectivity index (χ4v) is 4.83. The van der Waals surface area contributed by atoms with E-state index in [1.807, 2.05) is 36.4 Å². The van der Waals surface area contributed by atoms with E-state index in [9.17, 15) is 9.59 Å². The molecule has 192 valence electrons. The van der Waals surface area contributed by atoms with Crippen LogP contribution in [-0.2, 0) is 35.3 Å². The van der Waals surface area contributed by atoms with Crippen molar-refractivity contribution >= 4 is 12.6 Å². The Hall–Kier alpha value is -2.42. The zero-order chi connectivity index (χ0) is 25.1. The van der Waals surface area contributed by atoms with Crippen molar-refractivity contribution < 1.29 is 14.3 Å². The molecule has 0 heterocycles. The highest BCUT2D eigenvalue weighted by Gasteiger charge is 2.15. The zero-order valence-corrected chi connectivity index (χ0v) is 22.2. The zero-order valence-electron chi connectivity index (χ0n) is 22.2. The number of benzene rings is 2. The van der Waals surface area contributed by atoms with Gasteiger partial charge in [0, 0.05) is 12.8 Å². The van der Waals surface area contributed by atoms with Gasteiger partial charge in [0.05, 0.1) is 0 Å². The van der Waals surface area contributed by atoms with Gasteiger partial charge in [-0.15, -0.1) is 0 Å². The Morgan fingerprint density at radius 1 is 0.571 bits per heavy atom. The average molecular weight is 479 g/mol. The predicted octanol–water partition coefficient (Wildman–Crippen LogP) is 8.77. The number of aldehydes is 2. The molecule has 0 N–H and O–H groups in total. The van der Waals surface area contributed by atoms with Crippen molar-refractivity contribution in [1.29, 1.82) is 0 Å². The quantitative estimate of drug-likeness (QED) is 0.141. The Morgan fingerprint density at radius 3 is 1.37 bits per heavy atom. The fourth-order valence-electron chi connectivity index (χ4n) is 4.83. The Balaban J connectivity index is 2.20. The van der Waals surface area contributed by atoms with Crippen LogP contribution in [0.5, 0.6) is 11.5 Å². The first kappa shape index (κ1) is 28.8. The second-order valence-electron chi connectivity index (χ2n) is 9.67. The molecule has 0 aliphatic heterocycles. The molecule has 2 rings (SSSR count). The van der Waals surface area contributed by atoms with Gasteiger partial charge in [0.25, 0.3) is 0 Å². The number of carbonyl (C=O) groups excluding carboxylic acids is 2. The van der Waals surface area contributed by atoms with Crippen LogP contribution < -0.4 is 4.74 Å². The number of ether oxygens (including phenoxy) is 1. The Kier molecular flexibility index (Phi) is 14.8. The van der Waals surface area contributed by atoms with Gasteiger partial charge in [-0.1, -0.05) is 102 Å². The Bertz CT molecular complexity index is 800. The van der Waals surface area contributed by atoms with E-state index < -0.39 is 0 Å². The monoisotopic (exact) mass is 478 g/mol. The van der Waals surface area contributed by atoms with Crippen LogP contribution in [0.25, 0.3) is 0 Å². The van der Waals surface area contributed by atoms with Crippen LogP contribution in [-0.4, -0.2) is 12.6 Å². The van der Waals surface area contributed by atoms with E-state index in [-0.39, 0.29) is 0 Å². The summed E-state index contributed by atoms with van der Waals surface area (Å²) in [5.74, 6) is 1.70. The van der Waals surface area contributed by atoms with E-state index in [0.717, 1.165) is 72.0 Å². The first-order valence-electron chi connectivity index (χ1n) is 14.0. The molecule has 0 bridgehead atoms. The van der Waals surface area contributed by atoms with E-state index >= 15 is 0 Å². The topological polar surface area (TPSA) is 43.4 Å². The third kappa shape index (κ3) is 10.4. The van der Waals surface area contributed by atoms with Crippen LogP contribution in [0, 0.1) is 0 Å². The summed E-state index contributed by atoms with van der Waals surface area (Å²) in [5, 5.41) is 0. The van der Waals surface area contributed by atoms with Gasteiger partial charge < -0.3 is 14.3 Å². The van der Waals surface area contributed by atoms with Crippen molar-refractivity contribution in [3.63, 3.8) is 0 Å². The van der Waals surface area contributed by atoms with E-state index in [2.05, 4.69) is 13.8 Å². The van der Waals surface area contributed by atoms with Gasteiger partial charge >= 0.3 is 0 Å². The minimum Gasteiger partial charge on any atom is -0.457 e. The number of rotatable bonds is 20. The summed E-state index contributed by atoms with van der Waals surface area (Å²) in [6.45, 7) is 4.48. The van der Waals surface area contributed by atoms with Crippen molar-refractivity contribution in [2.75, 3.05) is 0 Å². The highest BCUT2D eigenvalue weighted by atomic mass is 16.5. The third-order valence-corrected chi connectivity index (χ3v) is 6.85. The van der Waals surface area contributed by atoms with Gasteiger partial charge in [-0.2, -0.15) is 0 Å². The molecule has 2 aromatic rings. The molecule has 3 heteroatoms. The van der Waals surface area contributed by atoms with Crippen LogP contribution in [0.2, 0.25) is 0 Å². The minimum absolute atomic E-state index is 0.415. The molecule has 0 amide bonds. The third-order valence-electron chi connectivity index (χ3n) is 6.85. The molecular formula is C32H46O3. The predicted molar refractivity (Wildman–Crippen MR) is 147 cm³/mol.